The molecule has 0 atom stereocenters. The highest BCUT2D eigenvalue weighted by atomic mass is 19.1. The van der Waals surface area contributed by atoms with Crippen molar-refractivity contribution >= 4 is 5.82 Å². The standard InChI is InChI=1S/C17H28FN5O/c1-13-15(18)16(21-14(2)20-13)19-12-17(4-6-22(3)7-5-17)23-8-10-24-11-9-23/h4-12H2,1-3H3,(H,19,20,21). The molecule has 134 valence electrons. The maximum absolute atomic E-state index is 14.3. The predicted molar refractivity (Wildman–Crippen MR) is 91.8 cm³/mol. The minimum absolute atomic E-state index is 0.0372. The van der Waals surface area contributed by atoms with E-state index >= 15 is 0 Å². The fourth-order valence-corrected chi connectivity index (χ4v) is 3.74. The van der Waals surface area contributed by atoms with Gasteiger partial charge in [-0.05, 0) is 46.8 Å². The van der Waals surface area contributed by atoms with Crippen molar-refractivity contribution in [2.75, 3.05) is 58.3 Å². The Bertz CT molecular complexity index is 568. The Morgan fingerprint density at radius 1 is 1.12 bits per heavy atom. The van der Waals surface area contributed by atoms with Crippen LogP contribution in [0.1, 0.15) is 24.4 Å². The molecule has 3 heterocycles. The monoisotopic (exact) mass is 337 g/mol. The number of hydrogen-bond acceptors (Lipinski definition) is 6. The van der Waals surface area contributed by atoms with Crippen LogP contribution in [-0.4, -0.2) is 78.3 Å². The Morgan fingerprint density at radius 3 is 2.46 bits per heavy atom. The third kappa shape index (κ3) is 3.68. The van der Waals surface area contributed by atoms with Crippen LogP contribution in [0.4, 0.5) is 10.2 Å². The van der Waals surface area contributed by atoms with Gasteiger partial charge in [-0.15, -0.1) is 0 Å². The average molecular weight is 337 g/mol. The number of morpholine rings is 1. The third-order valence-corrected chi connectivity index (χ3v) is 5.31. The molecule has 0 saturated carbocycles. The van der Waals surface area contributed by atoms with Crippen LogP contribution in [0.5, 0.6) is 0 Å². The molecular weight excluding hydrogens is 309 g/mol. The van der Waals surface area contributed by atoms with Crippen molar-refractivity contribution in [3.63, 3.8) is 0 Å². The Kier molecular flexibility index (Phi) is 5.32. The third-order valence-electron chi connectivity index (χ3n) is 5.31. The molecule has 0 spiro atoms. The number of nitrogens with zero attached hydrogens (tertiary/aromatic N) is 4. The maximum atomic E-state index is 14.3. The van der Waals surface area contributed by atoms with Crippen molar-refractivity contribution in [1.29, 1.82) is 0 Å². The van der Waals surface area contributed by atoms with Crippen molar-refractivity contribution in [1.82, 2.24) is 19.8 Å². The number of likely N-dealkylation sites (tertiary alicyclic amines) is 1. The number of halogens is 1. The normalized spacial score (nSPS) is 22.5. The molecule has 1 aromatic rings. The lowest BCUT2D eigenvalue weighted by molar-refractivity contribution is -0.0396. The Hall–Kier alpha value is -1.31. The van der Waals surface area contributed by atoms with Crippen LogP contribution in [-0.2, 0) is 4.74 Å². The van der Waals surface area contributed by atoms with Crippen molar-refractivity contribution < 1.29 is 9.13 Å². The fraction of sp³-hybridized carbons (Fsp3) is 0.765. The van der Waals surface area contributed by atoms with E-state index in [2.05, 4.69) is 32.1 Å². The fourth-order valence-electron chi connectivity index (χ4n) is 3.74. The zero-order valence-corrected chi connectivity index (χ0v) is 14.9. The lowest BCUT2D eigenvalue weighted by Crippen LogP contribution is -2.61. The Morgan fingerprint density at radius 2 is 1.79 bits per heavy atom. The summed E-state index contributed by atoms with van der Waals surface area (Å²) in [4.78, 5) is 13.2. The van der Waals surface area contributed by atoms with Crippen molar-refractivity contribution in [2.45, 2.75) is 32.2 Å². The summed E-state index contributed by atoms with van der Waals surface area (Å²) in [5.74, 6) is 0.581. The van der Waals surface area contributed by atoms with Gasteiger partial charge in [0.15, 0.2) is 11.6 Å². The van der Waals surface area contributed by atoms with Crippen LogP contribution in [0, 0.1) is 19.7 Å². The average Bonchev–Trinajstić information content (AvgIpc) is 2.59. The van der Waals surface area contributed by atoms with Gasteiger partial charge in [0.1, 0.15) is 5.82 Å². The minimum Gasteiger partial charge on any atom is -0.379 e. The van der Waals surface area contributed by atoms with Crippen molar-refractivity contribution in [3.8, 4) is 0 Å². The second-order valence-corrected chi connectivity index (χ2v) is 7.00. The van der Waals surface area contributed by atoms with E-state index < -0.39 is 0 Å². The number of hydrogen-bond donors (Lipinski definition) is 1. The highest BCUT2D eigenvalue weighted by molar-refractivity contribution is 5.38. The highest BCUT2D eigenvalue weighted by Crippen LogP contribution is 2.30. The van der Waals surface area contributed by atoms with Crippen LogP contribution in [0.15, 0.2) is 0 Å². The number of piperidine rings is 1. The second kappa shape index (κ2) is 7.29. The molecule has 0 amide bonds. The zero-order chi connectivity index (χ0) is 17.2. The number of aromatic nitrogens is 2. The van der Waals surface area contributed by atoms with E-state index in [1.807, 2.05) is 0 Å². The SMILES string of the molecule is Cc1nc(C)c(F)c(NCC2(N3CCOCC3)CCN(C)CC2)n1. The molecule has 7 heteroatoms. The quantitative estimate of drug-likeness (QED) is 0.897. The van der Waals surface area contributed by atoms with Gasteiger partial charge in [-0.3, -0.25) is 4.90 Å². The molecule has 0 unspecified atom stereocenters. The summed E-state index contributed by atoms with van der Waals surface area (Å²) in [7, 11) is 2.16. The molecule has 0 aromatic carbocycles. The van der Waals surface area contributed by atoms with Gasteiger partial charge in [-0.2, -0.15) is 0 Å². The van der Waals surface area contributed by atoms with E-state index in [9.17, 15) is 4.39 Å². The first-order valence-electron chi connectivity index (χ1n) is 8.76. The maximum Gasteiger partial charge on any atom is 0.186 e. The van der Waals surface area contributed by atoms with Gasteiger partial charge in [0.05, 0.1) is 18.9 Å². The summed E-state index contributed by atoms with van der Waals surface area (Å²) in [6.07, 6.45) is 2.14. The van der Waals surface area contributed by atoms with E-state index in [1.165, 1.54) is 0 Å². The molecular formula is C17H28FN5O. The summed E-state index contributed by atoms with van der Waals surface area (Å²) < 4.78 is 19.9. The van der Waals surface area contributed by atoms with E-state index in [-0.39, 0.29) is 11.4 Å². The summed E-state index contributed by atoms with van der Waals surface area (Å²) in [6, 6.07) is 0. The van der Waals surface area contributed by atoms with Crippen molar-refractivity contribution in [2.24, 2.45) is 0 Å². The molecule has 2 aliphatic heterocycles. The van der Waals surface area contributed by atoms with Gasteiger partial charge in [0.25, 0.3) is 0 Å². The minimum atomic E-state index is -0.342. The number of rotatable bonds is 4. The Balaban J connectivity index is 1.77. The van der Waals surface area contributed by atoms with Crippen LogP contribution in [0.3, 0.4) is 0 Å². The van der Waals surface area contributed by atoms with Crippen LogP contribution in [0.2, 0.25) is 0 Å². The summed E-state index contributed by atoms with van der Waals surface area (Å²) in [5, 5.41) is 3.29. The summed E-state index contributed by atoms with van der Waals surface area (Å²) in [5.41, 5.74) is 0.434. The Labute approximate surface area is 143 Å². The van der Waals surface area contributed by atoms with E-state index in [1.54, 1.807) is 13.8 Å². The van der Waals surface area contributed by atoms with Gasteiger partial charge >= 0.3 is 0 Å². The van der Waals surface area contributed by atoms with Gasteiger partial charge in [0.2, 0.25) is 0 Å². The number of anilines is 1. The van der Waals surface area contributed by atoms with E-state index in [0.717, 1.165) is 52.2 Å². The molecule has 24 heavy (non-hydrogen) atoms. The molecule has 1 aromatic heterocycles. The molecule has 2 saturated heterocycles. The first-order valence-corrected chi connectivity index (χ1v) is 8.76. The number of aryl methyl sites for hydroxylation is 2. The molecule has 1 N–H and O–H groups in total. The molecule has 2 fully saturated rings. The molecule has 0 radical (unpaired) electrons. The first kappa shape index (κ1) is 17.5. The number of ether oxygens (including phenoxy) is 1. The topological polar surface area (TPSA) is 53.5 Å². The van der Waals surface area contributed by atoms with E-state index in [0.29, 0.717) is 23.9 Å². The van der Waals surface area contributed by atoms with Crippen LogP contribution < -0.4 is 5.32 Å². The van der Waals surface area contributed by atoms with Crippen LogP contribution in [0.25, 0.3) is 0 Å². The van der Waals surface area contributed by atoms with Crippen molar-refractivity contribution in [3.05, 3.63) is 17.3 Å². The molecule has 6 nitrogen and oxygen atoms in total. The molecule has 0 aliphatic carbocycles. The van der Waals surface area contributed by atoms with Gasteiger partial charge < -0.3 is 15.0 Å². The summed E-state index contributed by atoms with van der Waals surface area (Å²) in [6.45, 7) is 9.73. The van der Waals surface area contributed by atoms with Crippen LogP contribution >= 0.6 is 0 Å². The summed E-state index contributed by atoms with van der Waals surface area (Å²) >= 11 is 0. The smallest absolute Gasteiger partial charge is 0.186 e. The predicted octanol–water partition coefficient (Wildman–Crippen LogP) is 1.44. The zero-order valence-electron chi connectivity index (χ0n) is 14.9. The number of nitrogens with one attached hydrogen (secondary N) is 1. The van der Waals surface area contributed by atoms with Gasteiger partial charge in [-0.25, -0.2) is 14.4 Å². The lowest BCUT2D eigenvalue weighted by atomic mass is 9.85. The molecule has 3 rings (SSSR count). The largest absolute Gasteiger partial charge is 0.379 e. The van der Waals surface area contributed by atoms with Gasteiger partial charge in [-0.1, -0.05) is 0 Å². The second-order valence-electron chi connectivity index (χ2n) is 7.00. The molecule has 2 aliphatic rings. The van der Waals surface area contributed by atoms with Gasteiger partial charge in [0, 0.05) is 25.2 Å². The molecule has 0 bridgehead atoms. The lowest BCUT2D eigenvalue weighted by Gasteiger charge is -2.49. The van der Waals surface area contributed by atoms with E-state index in [4.69, 9.17) is 4.74 Å². The first-order chi connectivity index (χ1) is 11.5. The highest BCUT2D eigenvalue weighted by Gasteiger charge is 2.40.